The minimum atomic E-state index is -3.49. The van der Waals surface area contributed by atoms with Gasteiger partial charge in [-0.2, -0.15) is 11.8 Å². The van der Waals surface area contributed by atoms with Gasteiger partial charge in [-0.25, -0.2) is 23.1 Å². The van der Waals surface area contributed by atoms with Gasteiger partial charge in [-0.05, 0) is 24.9 Å². The molecule has 0 saturated heterocycles. The molecule has 0 bridgehead atoms. The summed E-state index contributed by atoms with van der Waals surface area (Å²) in [7, 11) is -3.49. The highest BCUT2D eigenvalue weighted by Gasteiger charge is 2.14. The summed E-state index contributed by atoms with van der Waals surface area (Å²) in [4.78, 5) is 8.06. The molecule has 0 amide bonds. The third-order valence-corrected chi connectivity index (χ3v) is 4.40. The van der Waals surface area contributed by atoms with Gasteiger partial charge >= 0.3 is 0 Å². The zero-order valence-corrected chi connectivity index (χ0v) is 12.9. The van der Waals surface area contributed by atoms with Crippen LogP contribution in [0.4, 0.5) is 5.95 Å². The van der Waals surface area contributed by atoms with Gasteiger partial charge in [0.1, 0.15) is 4.90 Å². The number of thioether (sulfide) groups is 1. The zero-order valence-electron chi connectivity index (χ0n) is 11.2. The van der Waals surface area contributed by atoms with Gasteiger partial charge in [0.25, 0.3) is 0 Å². The first-order valence-electron chi connectivity index (χ1n) is 6.14. The van der Waals surface area contributed by atoms with E-state index in [0.29, 0.717) is 12.5 Å². The Labute approximate surface area is 118 Å². The van der Waals surface area contributed by atoms with Crippen molar-refractivity contribution in [2.45, 2.75) is 24.7 Å². The van der Waals surface area contributed by atoms with Crippen LogP contribution in [0, 0.1) is 0 Å². The summed E-state index contributed by atoms with van der Waals surface area (Å²) < 4.78 is 26.3. The molecule has 19 heavy (non-hydrogen) atoms. The molecular formula is C11H20N4O2S2. The van der Waals surface area contributed by atoms with Crippen molar-refractivity contribution in [3.63, 3.8) is 0 Å². The third kappa shape index (κ3) is 5.75. The van der Waals surface area contributed by atoms with Gasteiger partial charge in [-0.1, -0.05) is 6.92 Å². The number of anilines is 1. The minimum Gasteiger partial charge on any atom is -0.354 e. The predicted octanol–water partition coefficient (Wildman–Crippen LogP) is 1.33. The second kappa shape index (κ2) is 8.34. The van der Waals surface area contributed by atoms with Crippen LogP contribution in [0.25, 0.3) is 0 Å². The van der Waals surface area contributed by atoms with Crippen LogP contribution in [0.2, 0.25) is 0 Å². The molecule has 0 fully saturated rings. The van der Waals surface area contributed by atoms with Gasteiger partial charge in [-0.15, -0.1) is 0 Å². The van der Waals surface area contributed by atoms with Gasteiger partial charge in [0.05, 0.1) is 12.4 Å². The van der Waals surface area contributed by atoms with Crippen molar-refractivity contribution in [3.8, 4) is 0 Å². The Hall–Kier alpha value is -0.860. The summed E-state index contributed by atoms with van der Waals surface area (Å²) in [6.07, 6.45) is 6.39. The monoisotopic (exact) mass is 304 g/mol. The lowest BCUT2D eigenvalue weighted by Gasteiger charge is -2.07. The highest BCUT2D eigenvalue weighted by Crippen LogP contribution is 2.07. The molecule has 1 heterocycles. The molecular weight excluding hydrogens is 284 g/mol. The van der Waals surface area contributed by atoms with Crippen LogP contribution >= 0.6 is 11.8 Å². The van der Waals surface area contributed by atoms with Gasteiger partial charge in [-0.3, -0.25) is 0 Å². The van der Waals surface area contributed by atoms with Crippen LogP contribution in [0.3, 0.4) is 0 Å². The highest BCUT2D eigenvalue weighted by atomic mass is 32.2. The summed E-state index contributed by atoms with van der Waals surface area (Å²) in [5, 5.41) is 2.99. The van der Waals surface area contributed by atoms with Gasteiger partial charge in [0.2, 0.25) is 16.0 Å². The van der Waals surface area contributed by atoms with Crippen LogP contribution in [-0.2, 0) is 10.0 Å². The second-order valence-corrected chi connectivity index (χ2v) is 6.67. The number of nitrogens with zero attached hydrogens (tertiary/aromatic N) is 2. The van der Waals surface area contributed by atoms with Gasteiger partial charge in [0.15, 0.2) is 0 Å². The molecule has 0 aromatic carbocycles. The fourth-order valence-corrected chi connectivity index (χ4v) is 2.69. The Kier molecular flexibility index (Phi) is 7.11. The molecule has 0 radical (unpaired) electrons. The lowest BCUT2D eigenvalue weighted by atomic mass is 10.5. The molecule has 1 rings (SSSR count). The fraction of sp³-hybridized carbons (Fsp3) is 0.636. The highest BCUT2D eigenvalue weighted by molar-refractivity contribution is 7.98. The molecule has 0 atom stereocenters. The third-order valence-electron chi connectivity index (χ3n) is 2.29. The molecule has 1 aromatic heterocycles. The van der Waals surface area contributed by atoms with Crippen LogP contribution in [0.5, 0.6) is 0 Å². The molecule has 1 aromatic rings. The first kappa shape index (κ1) is 16.2. The lowest BCUT2D eigenvalue weighted by Crippen LogP contribution is -2.25. The maximum Gasteiger partial charge on any atom is 0.243 e. The topological polar surface area (TPSA) is 84.0 Å². The fourth-order valence-electron chi connectivity index (χ4n) is 1.29. The Balaban J connectivity index is 2.58. The molecule has 0 saturated carbocycles. The van der Waals surface area contributed by atoms with E-state index in [9.17, 15) is 8.42 Å². The van der Waals surface area contributed by atoms with Crippen molar-refractivity contribution in [2.75, 3.05) is 30.4 Å². The molecule has 2 N–H and O–H groups in total. The molecule has 8 heteroatoms. The zero-order chi connectivity index (χ0) is 14.1. The molecule has 0 spiro atoms. The predicted molar refractivity (Wildman–Crippen MR) is 79.0 cm³/mol. The number of rotatable bonds is 9. The Bertz CT molecular complexity index is 462. The molecule has 0 aliphatic heterocycles. The van der Waals surface area contributed by atoms with Crippen molar-refractivity contribution in [1.29, 1.82) is 0 Å². The van der Waals surface area contributed by atoms with E-state index in [0.717, 1.165) is 25.1 Å². The van der Waals surface area contributed by atoms with Crippen molar-refractivity contribution in [1.82, 2.24) is 14.7 Å². The number of nitrogens with one attached hydrogen (secondary N) is 2. The van der Waals surface area contributed by atoms with Crippen molar-refractivity contribution >= 4 is 27.7 Å². The van der Waals surface area contributed by atoms with Crippen LogP contribution in [0.1, 0.15) is 19.8 Å². The molecule has 0 aliphatic rings. The van der Waals surface area contributed by atoms with E-state index in [1.54, 1.807) is 11.8 Å². The summed E-state index contributed by atoms with van der Waals surface area (Å²) in [6, 6.07) is 0. The SMILES string of the molecule is CCCNc1ncc(S(=O)(=O)NCCCSC)cn1. The number of sulfonamides is 1. The van der Waals surface area contributed by atoms with Gasteiger partial charge in [0, 0.05) is 13.1 Å². The van der Waals surface area contributed by atoms with E-state index < -0.39 is 10.0 Å². The Morgan fingerprint density at radius 3 is 2.53 bits per heavy atom. The number of hydrogen-bond donors (Lipinski definition) is 2. The van der Waals surface area contributed by atoms with Crippen molar-refractivity contribution < 1.29 is 8.42 Å². The first-order valence-corrected chi connectivity index (χ1v) is 9.02. The van der Waals surface area contributed by atoms with Crippen molar-refractivity contribution in [3.05, 3.63) is 12.4 Å². The average molecular weight is 304 g/mol. The average Bonchev–Trinajstić information content (AvgIpc) is 2.42. The Morgan fingerprint density at radius 1 is 1.26 bits per heavy atom. The summed E-state index contributed by atoms with van der Waals surface area (Å²) in [5.74, 6) is 1.38. The largest absolute Gasteiger partial charge is 0.354 e. The first-order chi connectivity index (χ1) is 9.10. The Morgan fingerprint density at radius 2 is 1.95 bits per heavy atom. The van der Waals surface area contributed by atoms with E-state index in [4.69, 9.17) is 0 Å². The summed E-state index contributed by atoms with van der Waals surface area (Å²) >= 11 is 1.69. The minimum absolute atomic E-state index is 0.0960. The normalized spacial score (nSPS) is 11.5. The number of aromatic nitrogens is 2. The number of hydrogen-bond acceptors (Lipinski definition) is 6. The quantitative estimate of drug-likeness (QED) is 0.670. The van der Waals surface area contributed by atoms with Crippen LogP contribution in [0.15, 0.2) is 17.3 Å². The van der Waals surface area contributed by atoms with E-state index in [1.165, 1.54) is 12.4 Å². The van der Waals surface area contributed by atoms with Crippen LogP contribution < -0.4 is 10.0 Å². The van der Waals surface area contributed by atoms with Crippen LogP contribution in [-0.4, -0.2) is 43.5 Å². The molecule has 0 unspecified atom stereocenters. The standard InChI is InChI=1S/C11H20N4O2S2/c1-3-5-12-11-13-8-10(9-14-11)19(16,17)15-6-4-7-18-2/h8-9,15H,3-7H2,1-2H3,(H,12,13,14). The summed E-state index contributed by atoms with van der Waals surface area (Å²) in [6.45, 7) is 3.22. The summed E-state index contributed by atoms with van der Waals surface area (Å²) in [5.41, 5.74) is 0. The second-order valence-electron chi connectivity index (χ2n) is 3.91. The van der Waals surface area contributed by atoms with Gasteiger partial charge < -0.3 is 5.32 Å². The maximum atomic E-state index is 11.9. The van der Waals surface area contributed by atoms with E-state index in [1.807, 2.05) is 13.2 Å². The van der Waals surface area contributed by atoms with E-state index >= 15 is 0 Å². The molecule has 0 aliphatic carbocycles. The van der Waals surface area contributed by atoms with Crippen molar-refractivity contribution in [2.24, 2.45) is 0 Å². The van der Waals surface area contributed by atoms with E-state index in [2.05, 4.69) is 20.0 Å². The lowest BCUT2D eigenvalue weighted by molar-refractivity contribution is 0.580. The van der Waals surface area contributed by atoms with E-state index in [-0.39, 0.29) is 4.90 Å². The molecule has 6 nitrogen and oxygen atoms in total. The maximum absolute atomic E-state index is 11.9. The smallest absolute Gasteiger partial charge is 0.243 e. The molecule has 108 valence electrons.